The smallest absolute Gasteiger partial charge is 0.251 e. The van der Waals surface area contributed by atoms with E-state index in [0.29, 0.717) is 16.6 Å². The molecule has 0 heterocycles. The topological polar surface area (TPSA) is 69.2 Å². The lowest BCUT2D eigenvalue weighted by Crippen LogP contribution is -2.50. The van der Waals surface area contributed by atoms with Crippen LogP contribution >= 0.6 is 0 Å². The number of quaternary nitrogens is 1. The number of aliphatic carboxylic acids is 1. The van der Waals surface area contributed by atoms with Crippen molar-refractivity contribution in [2.24, 2.45) is 0 Å². The first-order valence-corrected chi connectivity index (χ1v) is 8.71. The Morgan fingerprint density at radius 2 is 1.63 bits per heavy atom. The van der Waals surface area contributed by atoms with E-state index in [0.717, 1.165) is 11.1 Å². The Kier molecular flexibility index (Phi) is 6.75. The molecule has 1 N–H and O–H groups in total. The van der Waals surface area contributed by atoms with E-state index >= 15 is 0 Å². The van der Waals surface area contributed by atoms with Gasteiger partial charge in [-0.15, -0.1) is 0 Å². The number of carboxylic acid groups (broad SMARTS) is 1. The summed E-state index contributed by atoms with van der Waals surface area (Å²) >= 11 is 0. The molecule has 5 heteroatoms. The monoisotopic (exact) mass is 364 g/mol. The van der Waals surface area contributed by atoms with Gasteiger partial charge in [0.25, 0.3) is 5.91 Å². The summed E-state index contributed by atoms with van der Waals surface area (Å²) in [5, 5.41) is 13.8. The van der Waals surface area contributed by atoms with Crippen LogP contribution in [0.2, 0.25) is 0 Å². The van der Waals surface area contributed by atoms with Gasteiger partial charge in [-0.1, -0.05) is 36.1 Å². The number of rotatable bonds is 6. The minimum Gasteiger partial charge on any atom is -0.550 e. The highest BCUT2D eigenvalue weighted by atomic mass is 16.4. The molecule has 0 aliphatic heterocycles. The molecule has 0 fully saturated rings. The number of carbonyl (C=O) groups excluding carboxylic acids is 2. The third-order valence-corrected chi connectivity index (χ3v) is 3.77. The standard InChI is InChI=1S/C22H24N2O3/c1-24(2,3)16-20(15-21(25)26)23-22(27)19-11-7-10-18(14-19)13-12-17-8-5-4-6-9-17/h4-11,14,20H,15-16H2,1-3H3,(H-,23,25,26,27). The van der Waals surface area contributed by atoms with Crippen LogP contribution in [0.15, 0.2) is 54.6 Å². The van der Waals surface area contributed by atoms with Crippen LogP contribution < -0.4 is 10.4 Å². The Bertz CT molecular complexity index is 858. The molecular weight excluding hydrogens is 340 g/mol. The highest BCUT2D eigenvalue weighted by Crippen LogP contribution is 2.07. The van der Waals surface area contributed by atoms with Gasteiger partial charge in [-0.05, 0) is 30.3 Å². The zero-order valence-corrected chi connectivity index (χ0v) is 15.9. The van der Waals surface area contributed by atoms with E-state index in [4.69, 9.17) is 0 Å². The molecule has 0 radical (unpaired) electrons. The minimum absolute atomic E-state index is 0.227. The van der Waals surface area contributed by atoms with E-state index in [2.05, 4.69) is 17.2 Å². The van der Waals surface area contributed by atoms with Gasteiger partial charge in [-0.3, -0.25) is 4.79 Å². The van der Waals surface area contributed by atoms with Crippen molar-refractivity contribution in [1.82, 2.24) is 5.32 Å². The normalized spacial score (nSPS) is 11.8. The summed E-state index contributed by atoms with van der Waals surface area (Å²) in [5.74, 6) is 4.59. The molecule has 0 spiro atoms. The number of nitrogens with one attached hydrogen (secondary N) is 1. The molecule has 0 aliphatic carbocycles. The lowest BCUT2D eigenvalue weighted by atomic mass is 10.1. The number of hydrogen-bond acceptors (Lipinski definition) is 3. The number of nitrogens with zero attached hydrogens (tertiary/aromatic N) is 1. The fourth-order valence-electron chi connectivity index (χ4n) is 2.70. The third-order valence-electron chi connectivity index (χ3n) is 3.77. The SMILES string of the molecule is C[N+](C)(C)CC(CC(=O)[O-])NC(=O)c1cccc(C#Cc2ccccc2)c1. The minimum atomic E-state index is -1.18. The number of amides is 1. The summed E-state index contributed by atoms with van der Waals surface area (Å²) in [6.07, 6.45) is -0.227. The molecule has 0 saturated heterocycles. The second-order valence-corrected chi connectivity index (χ2v) is 7.42. The van der Waals surface area contributed by atoms with Gasteiger partial charge in [-0.25, -0.2) is 0 Å². The maximum absolute atomic E-state index is 12.6. The van der Waals surface area contributed by atoms with E-state index in [1.807, 2.05) is 57.5 Å². The predicted molar refractivity (Wildman–Crippen MR) is 103 cm³/mol. The average molecular weight is 364 g/mol. The Balaban J connectivity index is 2.13. The third kappa shape index (κ3) is 7.35. The van der Waals surface area contributed by atoms with Gasteiger partial charge in [0.05, 0.1) is 33.7 Å². The van der Waals surface area contributed by atoms with Crippen LogP contribution in [-0.2, 0) is 4.79 Å². The molecule has 1 atom stereocenters. The first kappa shape index (κ1) is 20.2. The second kappa shape index (κ2) is 9.02. The summed E-state index contributed by atoms with van der Waals surface area (Å²) in [6.45, 7) is 0.479. The molecule has 2 rings (SSSR count). The van der Waals surface area contributed by atoms with Crippen LogP contribution in [0.25, 0.3) is 0 Å². The van der Waals surface area contributed by atoms with Gasteiger partial charge in [0.2, 0.25) is 0 Å². The quantitative estimate of drug-likeness (QED) is 0.615. The fourth-order valence-corrected chi connectivity index (χ4v) is 2.70. The van der Waals surface area contributed by atoms with E-state index < -0.39 is 12.0 Å². The van der Waals surface area contributed by atoms with E-state index in [9.17, 15) is 14.7 Å². The number of benzene rings is 2. The van der Waals surface area contributed by atoms with Gasteiger partial charge in [0.1, 0.15) is 0 Å². The van der Waals surface area contributed by atoms with Crippen molar-refractivity contribution in [1.29, 1.82) is 0 Å². The molecule has 1 unspecified atom stereocenters. The number of hydrogen-bond donors (Lipinski definition) is 1. The zero-order valence-electron chi connectivity index (χ0n) is 15.9. The van der Waals surface area contributed by atoms with Crippen molar-refractivity contribution in [2.45, 2.75) is 12.5 Å². The molecule has 27 heavy (non-hydrogen) atoms. The highest BCUT2D eigenvalue weighted by Gasteiger charge is 2.21. The maximum Gasteiger partial charge on any atom is 0.251 e. The van der Waals surface area contributed by atoms with Crippen LogP contribution in [0, 0.1) is 11.8 Å². The molecule has 2 aromatic rings. The summed E-state index contributed by atoms with van der Waals surface area (Å²) in [6, 6.07) is 16.1. The van der Waals surface area contributed by atoms with E-state index in [1.54, 1.807) is 18.2 Å². The molecule has 0 saturated carbocycles. The van der Waals surface area contributed by atoms with Crippen molar-refractivity contribution in [3.05, 3.63) is 71.3 Å². The summed E-state index contributed by atoms with van der Waals surface area (Å²) in [4.78, 5) is 23.6. The Hall–Kier alpha value is -3.10. The fraction of sp³-hybridized carbons (Fsp3) is 0.273. The molecular formula is C22H24N2O3. The summed E-state index contributed by atoms with van der Waals surface area (Å²) in [7, 11) is 5.82. The Morgan fingerprint density at radius 1 is 1.00 bits per heavy atom. The van der Waals surface area contributed by atoms with Crippen LogP contribution in [0.4, 0.5) is 0 Å². The first-order valence-electron chi connectivity index (χ1n) is 8.71. The largest absolute Gasteiger partial charge is 0.550 e. The van der Waals surface area contributed by atoms with Crippen LogP contribution in [0.5, 0.6) is 0 Å². The summed E-state index contributed by atoms with van der Waals surface area (Å²) in [5.41, 5.74) is 2.05. The van der Waals surface area contributed by atoms with Gasteiger partial charge < -0.3 is 19.7 Å². The van der Waals surface area contributed by atoms with E-state index in [-0.39, 0.29) is 12.3 Å². The van der Waals surface area contributed by atoms with Crippen LogP contribution in [-0.4, -0.2) is 50.1 Å². The Labute approximate surface area is 160 Å². The summed E-state index contributed by atoms with van der Waals surface area (Å²) < 4.78 is 0.529. The Morgan fingerprint density at radius 3 is 2.26 bits per heavy atom. The van der Waals surface area contributed by atoms with Crippen molar-refractivity contribution >= 4 is 11.9 Å². The van der Waals surface area contributed by atoms with Crippen LogP contribution in [0.1, 0.15) is 27.9 Å². The lowest BCUT2D eigenvalue weighted by Gasteiger charge is -2.30. The molecule has 2 aromatic carbocycles. The van der Waals surface area contributed by atoms with Crippen molar-refractivity contribution < 1.29 is 19.2 Å². The van der Waals surface area contributed by atoms with Crippen molar-refractivity contribution in [3.63, 3.8) is 0 Å². The number of carboxylic acids is 1. The van der Waals surface area contributed by atoms with E-state index in [1.165, 1.54) is 0 Å². The molecule has 0 aromatic heterocycles. The van der Waals surface area contributed by atoms with Gasteiger partial charge in [0.15, 0.2) is 0 Å². The molecule has 5 nitrogen and oxygen atoms in total. The lowest BCUT2D eigenvalue weighted by molar-refractivity contribution is -0.871. The van der Waals surface area contributed by atoms with Gasteiger partial charge in [0, 0.05) is 29.1 Å². The highest BCUT2D eigenvalue weighted by molar-refractivity contribution is 5.95. The molecule has 1 amide bonds. The van der Waals surface area contributed by atoms with Crippen molar-refractivity contribution in [3.8, 4) is 11.8 Å². The first-order chi connectivity index (χ1) is 12.7. The predicted octanol–water partition coefficient (Wildman–Crippen LogP) is 1.03. The van der Waals surface area contributed by atoms with Gasteiger partial charge in [-0.2, -0.15) is 0 Å². The molecule has 140 valence electrons. The van der Waals surface area contributed by atoms with Crippen LogP contribution in [0.3, 0.4) is 0 Å². The van der Waals surface area contributed by atoms with Gasteiger partial charge >= 0.3 is 0 Å². The number of carbonyl (C=O) groups is 2. The second-order valence-electron chi connectivity index (χ2n) is 7.42. The van der Waals surface area contributed by atoms with Crippen molar-refractivity contribution in [2.75, 3.05) is 27.7 Å². The zero-order chi connectivity index (χ0) is 19.9. The average Bonchev–Trinajstić information content (AvgIpc) is 2.59. The molecule has 0 bridgehead atoms. The maximum atomic E-state index is 12.6. The number of likely N-dealkylation sites (N-methyl/N-ethyl adjacent to an activating group) is 1. The molecule has 0 aliphatic rings.